The third-order valence-electron chi connectivity index (χ3n) is 4.06. The maximum Gasteiger partial charge on any atom is 0.270 e. The molecule has 7 nitrogen and oxygen atoms in total. The predicted molar refractivity (Wildman–Crippen MR) is 91.3 cm³/mol. The van der Waals surface area contributed by atoms with Crippen molar-refractivity contribution in [3.63, 3.8) is 0 Å². The van der Waals surface area contributed by atoms with E-state index in [-0.39, 0.29) is 34.9 Å². The zero-order valence-corrected chi connectivity index (χ0v) is 14.1. The van der Waals surface area contributed by atoms with Crippen molar-refractivity contribution >= 4 is 29.1 Å². The molecular formula is C17H13ClFN3O4. The van der Waals surface area contributed by atoms with Crippen LogP contribution >= 0.6 is 11.6 Å². The van der Waals surface area contributed by atoms with Gasteiger partial charge in [-0.15, -0.1) is 0 Å². The van der Waals surface area contributed by atoms with Crippen LogP contribution in [0.1, 0.15) is 22.0 Å². The Balaban J connectivity index is 2.04. The first-order valence-corrected chi connectivity index (χ1v) is 8.05. The molecule has 1 aliphatic rings. The van der Waals surface area contributed by atoms with E-state index in [2.05, 4.69) is 5.32 Å². The van der Waals surface area contributed by atoms with Crippen molar-refractivity contribution in [1.82, 2.24) is 10.2 Å². The van der Waals surface area contributed by atoms with Crippen LogP contribution < -0.4 is 5.32 Å². The molecule has 2 aromatic carbocycles. The Kier molecular flexibility index (Phi) is 4.85. The average molecular weight is 378 g/mol. The second kappa shape index (κ2) is 7.09. The third-order valence-corrected chi connectivity index (χ3v) is 4.39. The zero-order chi connectivity index (χ0) is 18.8. The lowest BCUT2D eigenvalue weighted by molar-refractivity contribution is -0.384. The molecule has 0 radical (unpaired) electrons. The number of nitrogens with zero attached hydrogens (tertiary/aromatic N) is 2. The van der Waals surface area contributed by atoms with Crippen LogP contribution in [0.2, 0.25) is 5.02 Å². The minimum atomic E-state index is -1.19. The number of rotatable bonds is 3. The summed E-state index contributed by atoms with van der Waals surface area (Å²) in [7, 11) is 0. The number of benzene rings is 2. The van der Waals surface area contributed by atoms with Gasteiger partial charge in [0.15, 0.2) is 0 Å². The maximum absolute atomic E-state index is 14.2. The highest BCUT2D eigenvalue weighted by molar-refractivity contribution is 6.34. The van der Waals surface area contributed by atoms with Crippen LogP contribution in [0, 0.1) is 15.9 Å². The molecule has 1 atom stereocenters. The summed E-state index contributed by atoms with van der Waals surface area (Å²) in [5.74, 6) is -1.84. The number of piperazine rings is 1. The van der Waals surface area contributed by atoms with E-state index in [0.717, 1.165) is 6.07 Å². The largest absolute Gasteiger partial charge is 0.352 e. The van der Waals surface area contributed by atoms with Gasteiger partial charge in [0.1, 0.15) is 11.9 Å². The minimum absolute atomic E-state index is 0.0128. The van der Waals surface area contributed by atoms with Crippen LogP contribution in [0.3, 0.4) is 0 Å². The quantitative estimate of drug-likeness (QED) is 0.657. The third kappa shape index (κ3) is 3.23. The standard InChI is InChI=1S/C17H13ClFN3O4/c18-13-6-5-10(22(25)26)9-12(13)17(24)21-8-7-20-16(23)15(21)11-3-1-2-4-14(11)19/h1-6,9,15H,7-8H2,(H,20,23). The Morgan fingerprint density at radius 2 is 2.04 bits per heavy atom. The van der Waals surface area contributed by atoms with Gasteiger partial charge in [0.25, 0.3) is 11.6 Å². The Labute approximate surface area is 152 Å². The number of non-ortho nitro benzene ring substituents is 1. The molecule has 26 heavy (non-hydrogen) atoms. The van der Waals surface area contributed by atoms with Crippen molar-refractivity contribution in [2.24, 2.45) is 0 Å². The lowest BCUT2D eigenvalue weighted by Gasteiger charge is -2.35. The Morgan fingerprint density at radius 1 is 1.31 bits per heavy atom. The van der Waals surface area contributed by atoms with Crippen molar-refractivity contribution in [1.29, 1.82) is 0 Å². The molecule has 0 spiro atoms. The van der Waals surface area contributed by atoms with Crippen LogP contribution in [0.4, 0.5) is 10.1 Å². The zero-order valence-electron chi connectivity index (χ0n) is 13.3. The van der Waals surface area contributed by atoms with Crippen molar-refractivity contribution in [3.8, 4) is 0 Å². The molecule has 1 fully saturated rings. The van der Waals surface area contributed by atoms with Crippen LogP contribution in [0.25, 0.3) is 0 Å². The van der Waals surface area contributed by atoms with E-state index in [1.807, 2.05) is 0 Å². The van der Waals surface area contributed by atoms with Gasteiger partial charge in [-0.25, -0.2) is 4.39 Å². The van der Waals surface area contributed by atoms with E-state index in [1.54, 1.807) is 6.07 Å². The summed E-state index contributed by atoms with van der Waals surface area (Å²) in [6.07, 6.45) is 0. The lowest BCUT2D eigenvalue weighted by atomic mass is 10.0. The summed E-state index contributed by atoms with van der Waals surface area (Å²) in [6.45, 7) is 0.296. The molecule has 1 heterocycles. The Bertz CT molecular complexity index is 905. The number of carbonyl (C=O) groups is 2. The number of halogens is 2. The van der Waals surface area contributed by atoms with Gasteiger partial charge in [-0.1, -0.05) is 29.8 Å². The number of nitrogens with one attached hydrogen (secondary N) is 1. The number of carbonyl (C=O) groups excluding carboxylic acids is 2. The molecule has 134 valence electrons. The van der Waals surface area contributed by atoms with E-state index in [0.29, 0.717) is 0 Å². The van der Waals surface area contributed by atoms with E-state index >= 15 is 0 Å². The molecule has 9 heteroatoms. The fourth-order valence-corrected chi connectivity index (χ4v) is 3.04. The number of hydrogen-bond acceptors (Lipinski definition) is 4. The summed E-state index contributed by atoms with van der Waals surface area (Å²) in [4.78, 5) is 36.8. The number of nitro groups is 1. The second-order valence-electron chi connectivity index (χ2n) is 5.63. The summed E-state index contributed by atoms with van der Waals surface area (Å²) in [5, 5.41) is 13.6. The van der Waals surface area contributed by atoms with Crippen LogP contribution in [0.5, 0.6) is 0 Å². The number of nitro benzene ring substituents is 1. The van der Waals surface area contributed by atoms with E-state index in [9.17, 15) is 24.1 Å². The van der Waals surface area contributed by atoms with Crippen LogP contribution in [-0.4, -0.2) is 34.7 Å². The molecule has 2 amide bonds. The molecule has 1 saturated heterocycles. The van der Waals surface area contributed by atoms with Gasteiger partial charge in [0.2, 0.25) is 5.91 Å². The fourth-order valence-electron chi connectivity index (χ4n) is 2.84. The molecule has 3 rings (SSSR count). The predicted octanol–water partition coefficient (Wildman–Crippen LogP) is 2.70. The average Bonchev–Trinajstić information content (AvgIpc) is 2.62. The van der Waals surface area contributed by atoms with E-state index < -0.39 is 28.6 Å². The van der Waals surface area contributed by atoms with Crippen LogP contribution in [-0.2, 0) is 4.79 Å². The van der Waals surface area contributed by atoms with Crippen molar-refractivity contribution in [3.05, 3.63) is 74.5 Å². The first kappa shape index (κ1) is 17.8. The van der Waals surface area contributed by atoms with Crippen LogP contribution in [0.15, 0.2) is 42.5 Å². The first-order valence-electron chi connectivity index (χ1n) is 7.67. The highest BCUT2D eigenvalue weighted by Gasteiger charge is 2.37. The lowest BCUT2D eigenvalue weighted by Crippen LogP contribution is -2.52. The molecule has 0 saturated carbocycles. The summed E-state index contributed by atoms with van der Waals surface area (Å²) in [6, 6.07) is 7.93. The van der Waals surface area contributed by atoms with Crippen molar-refractivity contribution in [2.75, 3.05) is 13.1 Å². The number of hydrogen-bond donors (Lipinski definition) is 1. The molecule has 0 bridgehead atoms. The fraction of sp³-hybridized carbons (Fsp3) is 0.176. The van der Waals surface area contributed by atoms with E-state index in [1.165, 1.54) is 35.2 Å². The van der Waals surface area contributed by atoms with Gasteiger partial charge in [0.05, 0.1) is 15.5 Å². The van der Waals surface area contributed by atoms with Gasteiger partial charge in [-0.05, 0) is 12.1 Å². The molecule has 1 unspecified atom stereocenters. The monoisotopic (exact) mass is 377 g/mol. The molecule has 1 N–H and O–H groups in total. The molecule has 1 aliphatic heterocycles. The Hall–Kier alpha value is -3.00. The molecule has 2 aromatic rings. The summed E-state index contributed by atoms with van der Waals surface area (Å²) < 4.78 is 14.2. The normalized spacial score (nSPS) is 16.9. The van der Waals surface area contributed by atoms with Gasteiger partial charge < -0.3 is 10.2 Å². The highest BCUT2D eigenvalue weighted by atomic mass is 35.5. The van der Waals surface area contributed by atoms with E-state index in [4.69, 9.17) is 11.6 Å². The minimum Gasteiger partial charge on any atom is -0.352 e. The van der Waals surface area contributed by atoms with Crippen molar-refractivity contribution in [2.45, 2.75) is 6.04 Å². The van der Waals surface area contributed by atoms with Crippen molar-refractivity contribution < 1.29 is 18.9 Å². The number of amides is 2. The van der Waals surface area contributed by atoms with Gasteiger partial charge >= 0.3 is 0 Å². The van der Waals surface area contributed by atoms with Gasteiger partial charge in [-0.3, -0.25) is 19.7 Å². The smallest absolute Gasteiger partial charge is 0.270 e. The molecule has 0 aliphatic carbocycles. The maximum atomic E-state index is 14.2. The topological polar surface area (TPSA) is 92.6 Å². The van der Waals surface area contributed by atoms with Gasteiger partial charge in [0, 0.05) is 30.8 Å². The van der Waals surface area contributed by atoms with Gasteiger partial charge in [-0.2, -0.15) is 0 Å². The first-order chi connectivity index (χ1) is 12.4. The SMILES string of the molecule is O=C1NCCN(C(=O)c2cc([N+](=O)[O-])ccc2Cl)C1c1ccccc1F. The Morgan fingerprint density at radius 3 is 2.73 bits per heavy atom. The summed E-state index contributed by atoms with van der Waals surface area (Å²) >= 11 is 6.03. The summed E-state index contributed by atoms with van der Waals surface area (Å²) in [5.41, 5.74) is -0.377. The highest BCUT2D eigenvalue weighted by Crippen LogP contribution is 2.30. The second-order valence-corrected chi connectivity index (χ2v) is 6.04. The molecule has 0 aromatic heterocycles. The molecular weight excluding hydrogens is 365 g/mol.